The van der Waals surface area contributed by atoms with Crippen LogP contribution in [-0.2, 0) is 4.84 Å². The second kappa shape index (κ2) is 5.98. The molecular formula is C20H33N3O. The van der Waals surface area contributed by atoms with Gasteiger partial charge in [-0.1, -0.05) is 12.1 Å². The summed E-state index contributed by atoms with van der Waals surface area (Å²) in [6, 6.07) is 0. The van der Waals surface area contributed by atoms with E-state index in [1.807, 2.05) is 0 Å². The molecule has 24 heavy (non-hydrogen) atoms. The zero-order valence-electron chi connectivity index (χ0n) is 15.3. The maximum absolute atomic E-state index is 5.62. The molecule has 0 amide bonds. The lowest BCUT2D eigenvalue weighted by Crippen LogP contribution is -2.64. The summed E-state index contributed by atoms with van der Waals surface area (Å²) in [4.78, 5) is 11.2. The lowest BCUT2D eigenvalue weighted by Gasteiger charge is -2.61. The van der Waals surface area contributed by atoms with Crippen LogP contribution in [0.2, 0.25) is 0 Å². The number of hydrogen-bond donors (Lipinski definition) is 0. The summed E-state index contributed by atoms with van der Waals surface area (Å²) in [7, 11) is 0. The fraction of sp³-hybridized carbons (Fsp3) is 0.950. The number of nitrogens with zero attached hydrogens (tertiary/aromatic N) is 3. The van der Waals surface area contributed by atoms with Crippen molar-refractivity contribution in [3.05, 3.63) is 0 Å². The van der Waals surface area contributed by atoms with Crippen molar-refractivity contribution >= 4 is 5.71 Å². The van der Waals surface area contributed by atoms with E-state index in [1.165, 1.54) is 51.2 Å². The van der Waals surface area contributed by atoms with Crippen LogP contribution in [0.5, 0.6) is 0 Å². The molecule has 5 fully saturated rings. The smallest absolute Gasteiger partial charge is 0.145 e. The molecule has 4 heteroatoms. The SMILES string of the molecule is CCC1=NOC(CN2CCN(C34CC5CC(CC(C5)C3)C4)CC2)C1. The van der Waals surface area contributed by atoms with Crippen LogP contribution in [0, 0.1) is 17.8 Å². The molecule has 1 atom stereocenters. The Bertz CT molecular complexity index is 474. The van der Waals surface area contributed by atoms with Gasteiger partial charge < -0.3 is 4.84 Å². The highest BCUT2D eigenvalue weighted by atomic mass is 16.6. The lowest BCUT2D eigenvalue weighted by atomic mass is 9.52. The van der Waals surface area contributed by atoms with E-state index < -0.39 is 0 Å². The Morgan fingerprint density at radius 1 is 1.00 bits per heavy atom. The van der Waals surface area contributed by atoms with Crippen molar-refractivity contribution in [1.29, 1.82) is 0 Å². The fourth-order valence-corrected chi connectivity index (χ4v) is 6.94. The largest absolute Gasteiger partial charge is 0.391 e. The van der Waals surface area contributed by atoms with Crippen molar-refractivity contribution in [2.45, 2.75) is 69.9 Å². The summed E-state index contributed by atoms with van der Waals surface area (Å²) in [6.45, 7) is 8.25. The van der Waals surface area contributed by atoms with Gasteiger partial charge in [0, 0.05) is 44.7 Å². The Kier molecular flexibility index (Phi) is 3.89. The van der Waals surface area contributed by atoms with Gasteiger partial charge in [0.2, 0.25) is 0 Å². The molecule has 0 aromatic heterocycles. The van der Waals surface area contributed by atoms with E-state index in [0.717, 1.165) is 37.1 Å². The van der Waals surface area contributed by atoms with Crippen LogP contribution in [0.25, 0.3) is 0 Å². The van der Waals surface area contributed by atoms with Crippen molar-refractivity contribution in [3.63, 3.8) is 0 Å². The molecule has 0 spiro atoms. The van der Waals surface area contributed by atoms with Gasteiger partial charge in [0.1, 0.15) is 6.10 Å². The third-order valence-corrected chi connectivity index (χ3v) is 7.71. The van der Waals surface area contributed by atoms with Gasteiger partial charge in [-0.2, -0.15) is 0 Å². The number of hydrogen-bond acceptors (Lipinski definition) is 4. The van der Waals surface area contributed by atoms with Crippen LogP contribution < -0.4 is 0 Å². The summed E-state index contributed by atoms with van der Waals surface area (Å²) in [5, 5.41) is 4.22. The van der Waals surface area contributed by atoms with Crippen molar-refractivity contribution in [1.82, 2.24) is 9.80 Å². The average Bonchev–Trinajstić information content (AvgIpc) is 3.02. The molecule has 0 N–H and O–H groups in total. The van der Waals surface area contributed by atoms with Gasteiger partial charge in [-0.25, -0.2) is 0 Å². The summed E-state index contributed by atoms with van der Waals surface area (Å²) in [5.74, 6) is 3.18. The molecule has 4 bridgehead atoms. The van der Waals surface area contributed by atoms with E-state index in [0.29, 0.717) is 11.6 Å². The number of piperazine rings is 1. The molecule has 1 saturated heterocycles. The second-order valence-electron chi connectivity index (χ2n) is 9.37. The summed E-state index contributed by atoms with van der Waals surface area (Å²) in [5.41, 5.74) is 1.84. The van der Waals surface area contributed by atoms with Gasteiger partial charge in [-0.15, -0.1) is 0 Å². The van der Waals surface area contributed by atoms with Crippen molar-refractivity contribution in [2.75, 3.05) is 32.7 Å². The normalized spacial score (nSPS) is 45.5. The Morgan fingerprint density at radius 3 is 2.17 bits per heavy atom. The molecule has 4 nitrogen and oxygen atoms in total. The van der Waals surface area contributed by atoms with Crippen molar-refractivity contribution in [2.24, 2.45) is 22.9 Å². The first-order chi connectivity index (χ1) is 11.7. The summed E-state index contributed by atoms with van der Waals surface area (Å²) < 4.78 is 0. The topological polar surface area (TPSA) is 28.1 Å². The number of rotatable bonds is 4. The highest BCUT2D eigenvalue weighted by Crippen LogP contribution is 2.57. The second-order valence-corrected chi connectivity index (χ2v) is 9.37. The first-order valence-corrected chi connectivity index (χ1v) is 10.4. The molecule has 0 aromatic carbocycles. The first kappa shape index (κ1) is 15.6. The van der Waals surface area contributed by atoms with E-state index in [4.69, 9.17) is 4.84 Å². The van der Waals surface area contributed by atoms with Gasteiger partial charge in [0.05, 0.1) is 5.71 Å². The monoisotopic (exact) mass is 331 g/mol. The van der Waals surface area contributed by atoms with Gasteiger partial charge in [0.15, 0.2) is 0 Å². The molecule has 0 aromatic rings. The summed E-state index contributed by atoms with van der Waals surface area (Å²) in [6.07, 6.45) is 11.6. The molecular weight excluding hydrogens is 298 g/mol. The molecule has 2 heterocycles. The van der Waals surface area contributed by atoms with Crippen LogP contribution in [0.4, 0.5) is 0 Å². The molecule has 134 valence electrons. The van der Waals surface area contributed by atoms with Crippen molar-refractivity contribution < 1.29 is 4.84 Å². The van der Waals surface area contributed by atoms with Crippen LogP contribution in [0.1, 0.15) is 58.3 Å². The summed E-state index contributed by atoms with van der Waals surface area (Å²) >= 11 is 0. The zero-order chi connectivity index (χ0) is 16.1. The van der Waals surface area contributed by atoms with E-state index in [-0.39, 0.29) is 0 Å². The molecule has 4 saturated carbocycles. The molecule has 2 aliphatic heterocycles. The van der Waals surface area contributed by atoms with E-state index in [9.17, 15) is 0 Å². The predicted molar refractivity (Wildman–Crippen MR) is 96.1 cm³/mol. The van der Waals surface area contributed by atoms with E-state index in [2.05, 4.69) is 21.9 Å². The molecule has 0 radical (unpaired) electrons. The predicted octanol–water partition coefficient (Wildman–Crippen LogP) is 3.13. The van der Waals surface area contributed by atoms with E-state index >= 15 is 0 Å². The Labute approximate surface area is 146 Å². The fourth-order valence-electron chi connectivity index (χ4n) is 6.94. The van der Waals surface area contributed by atoms with Gasteiger partial charge in [-0.05, 0) is 62.7 Å². The van der Waals surface area contributed by atoms with E-state index in [1.54, 1.807) is 19.3 Å². The Hall–Kier alpha value is -0.610. The van der Waals surface area contributed by atoms with Crippen LogP contribution in [0.3, 0.4) is 0 Å². The minimum Gasteiger partial charge on any atom is -0.391 e. The first-order valence-electron chi connectivity index (χ1n) is 10.4. The number of oxime groups is 1. The highest BCUT2D eigenvalue weighted by molar-refractivity contribution is 5.85. The van der Waals surface area contributed by atoms with Gasteiger partial charge in [-0.3, -0.25) is 9.80 Å². The Morgan fingerprint density at radius 2 is 1.62 bits per heavy atom. The highest BCUT2D eigenvalue weighted by Gasteiger charge is 2.53. The van der Waals surface area contributed by atoms with Crippen LogP contribution in [-0.4, -0.2) is 59.9 Å². The van der Waals surface area contributed by atoms with Crippen molar-refractivity contribution in [3.8, 4) is 0 Å². The minimum absolute atomic E-state index is 0.311. The maximum Gasteiger partial charge on any atom is 0.145 e. The third kappa shape index (κ3) is 2.70. The average molecular weight is 332 g/mol. The van der Waals surface area contributed by atoms with Crippen LogP contribution >= 0.6 is 0 Å². The maximum atomic E-state index is 5.62. The van der Waals surface area contributed by atoms with Crippen LogP contribution in [0.15, 0.2) is 5.16 Å². The molecule has 1 unspecified atom stereocenters. The molecule has 6 aliphatic rings. The molecule has 4 aliphatic carbocycles. The quantitative estimate of drug-likeness (QED) is 0.792. The molecule has 6 rings (SSSR count). The Balaban J connectivity index is 1.16. The zero-order valence-corrected chi connectivity index (χ0v) is 15.3. The standard InChI is InChI=1S/C20H33N3O/c1-2-18-10-19(24-21-18)14-22-3-5-23(6-4-22)20-11-15-7-16(12-20)9-17(8-15)13-20/h15-17,19H,2-14H2,1H3. The lowest BCUT2D eigenvalue weighted by molar-refractivity contribution is -0.103. The van der Waals surface area contributed by atoms with Gasteiger partial charge >= 0.3 is 0 Å². The van der Waals surface area contributed by atoms with Gasteiger partial charge in [0.25, 0.3) is 0 Å². The minimum atomic E-state index is 0.311. The third-order valence-electron chi connectivity index (χ3n) is 7.71.